The predicted octanol–water partition coefficient (Wildman–Crippen LogP) is 3.27. The highest BCUT2D eigenvalue weighted by Crippen LogP contribution is 2.25. The Bertz CT molecular complexity index is 858. The van der Waals surface area contributed by atoms with Gasteiger partial charge in [-0.05, 0) is 65.4 Å². The van der Waals surface area contributed by atoms with Crippen LogP contribution in [0.4, 0.5) is 0 Å². The van der Waals surface area contributed by atoms with Gasteiger partial charge < -0.3 is 20.3 Å². The molecule has 2 N–H and O–H groups in total. The lowest BCUT2D eigenvalue weighted by atomic mass is 9.88. The molecule has 7 nitrogen and oxygen atoms in total. The maximum atomic E-state index is 5.59. The van der Waals surface area contributed by atoms with Crippen molar-refractivity contribution < 1.29 is 4.74 Å². The number of aliphatic imine (C=N–C) groups is 1. The Hall–Kier alpha value is -1.65. The number of benzene rings is 1. The van der Waals surface area contributed by atoms with E-state index in [9.17, 15) is 0 Å². The number of hydrogen-bond acceptors (Lipinski definition) is 4. The average molecular weight is 540 g/mol. The van der Waals surface area contributed by atoms with Crippen molar-refractivity contribution in [1.29, 1.82) is 0 Å². The number of nitrogens with one attached hydrogen (secondary N) is 2. The Labute approximate surface area is 203 Å². The third-order valence-corrected chi connectivity index (χ3v) is 5.94. The van der Waals surface area contributed by atoms with Crippen molar-refractivity contribution in [2.24, 2.45) is 4.99 Å². The van der Waals surface area contributed by atoms with Crippen LogP contribution in [0.2, 0.25) is 0 Å². The molecule has 172 valence electrons. The fourth-order valence-electron chi connectivity index (χ4n) is 4.01. The number of likely N-dealkylation sites (N-methyl/N-ethyl adjacent to an activating group) is 1. The van der Waals surface area contributed by atoms with Crippen LogP contribution in [0.15, 0.2) is 35.3 Å². The average Bonchev–Trinajstić information content (AvgIpc) is 3.08. The zero-order chi connectivity index (χ0) is 21.6. The zero-order valence-corrected chi connectivity index (χ0v) is 21.8. The van der Waals surface area contributed by atoms with Gasteiger partial charge in [-0.2, -0.15) is 5.10 Å². The van der Waals surface area contributed by atoms with Gasteiger partial charge in [0.1, 0.15) is 0 Å². The molecule has 0 radical (unpaired) electrons. The van der Waals surface area contributed by atoms with Gasteiger partial charge >= 0.3 is 0 Å². The summed E-state index contributed by atoms with van der Waals surface area (Å²) in [6.45, 7) is 10.1. The Morgan fingerprint density at radius 1 is 1.19 bits per heavy atom. The summed E-state index contributed by atoms with van der Waals surface area (Å²) < 4.78 is 7.60. The van der Waals surface area contributed by atoms with Crippen LogP contribution in [0.5, 0.6) is 0 Å². The summed E-state index contributed by atoms with van der Waals surface area (Å²) in [4.78, 5) is 7.21. The molecule has 3 rings (SSSR count). The first-order chi connectivity index (χ1) is 14.4. The Kier molecular flexibility index (Phi) is 9.77. The molecule has 0 saturated carbocycles. The van der Waals surface area contributed by atoms with Gasteiger partial charge in [0.15, 0.2) is 5.96 Å². The van der Waals surface area contributed by atoms with Crippen molar-refractivity contribution in [1.82, 2.24) is 25.3 Å². The molecule has 0 aliphatic carbocycles. The van der Waals surface area contributed by atoms with E-state index in [1.54, 1.807) is 0 Å². The van der Waals surface area contributed by atoms with Crippen molar-refractivity contribution >= 4 is 29.9 Å². The van der Waals surface area contributed by atoms with Crippen LogP contribution in [-0.2, 0) is 11.3 Å². The molecule has 1 aliphatic rings. The molecular weight excluding hydrogens is 503 g/mol. The van der Waals surface area contributed by atoms with Gasteiger partial charge in [-0.3, -0.25) is 0 Å². The molecule has 0 spiro atoms. The van der Waals surface area contributed by atoms with Gasteiger partial charge in [0, 0.05) is 37.5 Å². The molecule has 0 amide bonds. The predicted molar refractivity (Wildman–Crippen MR) is 138 cm³/mol. The Morgan fingerprint density at radius 3 is 2.52 bits per heavy atom. The summed E-state index contributed by atoms with van der Waals surface area (Å²) in [5.41, 5.74) is 4.47. The number of nitrogens with zero attached hydrogens (tertiary/aromatic N) is 4. The number of halogens is 1. The van der Waals surface area contributed by atoms with Gasteiger partial charge in [-0.1, -0.05) is 18.2 Å². The second-order valence-electron chi connectivity index (χ2n) is 8.25. The maximum absolute atomic E-state index is 5.59. The second-order valence-corrected chi connectivity index (χ2v) is 8.25. The van der Waals surface area contributed by atoms with E-state index in [1.807, 2.05) is 11.6 Å². The van der Waals surface area contributed by atoms with E-state index in [2.05, 4.69) is 78.9 Å². The molecule has 1 aromatic carbocycles. The van der Waals surface area contributed by atoms with E-state index in [0.717, 1.165) is 67.7 Å². The van der Waals surface area contributed by atoms with Gasteiger partial charge in [0.25, 0.3) is 0 Å². The fourth-order valence-corrected chi connectivity index (χ4v) is 4.01. The largest absolute Gasteiger partial charge is 0.381 e. The van der Waals surface area contributed by atoms with Crippen molar-refractivity contribution in [3.05, 3.63) is 47.3 Å². The third-order valence-electron chi connectivity index (χ3n) is 5.94. The normalized spacial score (nSPS) is 16.1. The van der Waals surface area contributed by atoms with Crippen LogP contribution in [0.25, 0.3) is 5.69 Å². The minimum Gasteiger partial charge on any atom is -0.381 e. The lowest BCUT2D eigenvalue weighted by molar-refractivity contribution is -0.00501. The SMILES string of the molecule is CCNC(=NCc1ccccc1-n1nc(C)cc1C)NCC1(N(C)C)CCOCC1.I. The molecule has 1 aromatic heterocycles. The molecule has 1 saturated heterocycles. The molecule has 2 aromatic rings. The van der Waals surface area contributed by atoms with Crippen molar-refractivity contribution in [2.75, 3.05) is 40.4 Å². The highest BCUT2D eigenvalue weighted by atomic mass is 127. The first kappa shape index (κ1) is 25.6. The maximum Gasteiger partial charge on any atom is 0.191 e. The van der Waals surface area contributed by atoms with Gasteiger partial charge in [0.05, 0.1) is 17.9 Å². The highest BCUT2D eigenvalue weighted by Gasteiger charge is 2.34. The van der Waals surface area contributed by atoms with Crippen molar-refractivity contribution in [3.63, 3.8) is 0 Å². The number of aryl methyl sites for hydroxylation is 2. The van der Waals surface area contributed by atoms with Gasteiger partial charge in [0.2, 0.25) is 0 Å². The van der Waals surface area contributed by atoms with Crippen LogP contribution < -0.4 is 10.6 Å². The second kappa shape index (κ2) is 11.8. The van der Waals surface area contributed by atoms with E-state index in [-0.39, 0.29) is 29.5 Å². The summed E-state index contributed by atoms with van der Waals surface area (Å²) in [5, 5.41) is 11.6. The number of hydrogen-bond donors (Lipinski definition) is 2. The first-order valence-corrected chi connectivity index (χ1v) is 10.8. The summed E-state index contributed by atoms with van der Waals surface area (Å²) in [7, 11) is 4.31. The zero-order valence-electron chi connectivity index (χ0n) is 19.4. The van der Waals surface area contributed by atoms with E-state index < -0.39 is 0 Å². The number of ether oxygens (including phenoxy) is 1. The summed E-state index contributed by atoms with van der Waals surface area (Å²) in [5.74, 6) is 0.841. The highest BCUT2D eigenvalue weighted by molar-refractivity contribution is 14.0. The molecule has 2 heterocycles. The standard InChI is InChI=1S/C23H36N6O.HI/c1-6-24-22(26-17-23(28(4)5)11-13-30-14-12-23)25-16-20-9-7-8-10-21(20)29-19(3)15-18(2)27-29;/h7-10,15H,6,11-14,16-17H2,1-5H3,(H2,24,25,26);1H. The number of guanidine groups is 1. The van der Waals surface area contributed by atoms with E-state index in [0.29, 0.717) is 6.54 Å². The van der Waals surface area contributed by atoms with E-state index in [4.69, 9.17) is 9.73 Å². The van der Waals surface area contributed by atoms with Crippen LogP contribution in [0.1, 0.15) is 36.7 Å². The molecule has 1 fully saturated rings. The van der Waals surface area contributed by atoms with Crippen LogP contribution >= 0.6 is 24.0 Å². The summed E-state index contributed by atoms with van der Waals surface area (Å²) in [6, 6.07) is 10.4. The molecule has 0 bridgehead atoms. The smallest absolute Gasteiger partial charge is 0.191 e. The molecule has 0 unspecified atom stereocenters. The topological polar surface area (TPSA) is 66.7 Å². The Morgan fingerprint density at radius 2 is 1.90 bits per heavy atom. The summed E-state index contributed by atoms with van der Waals surface area (Å²) >= 11 is 0. The van der Waals surface area contributed by atoms with Crippen molar-refractivity contribution in [3.8, 4) is 5.69 Å². The quantitative estimate of drug-likeness (QED) is 0.321. The van der Waals surface area contributed by atoms with Crippen LogP contribution in [0, 0.1) is 13.8 Å². The first-order valence-electron chi connectivity index (χ1n) is 10.8. The summed E-state index contributed by atoms with van der Waals surface area (Å²) in [6.07, 6.45) is 2.04. The van der Waals surface area contributed by atoms with E-state index >= 15 is 0 Å². The minimum absolute atomic E-state index is 0. The molecule has 8 heteroatoms. The number of rotatable bonds is 7. The number of aromatic nitrogens is 2. The minimum atomic E-state index is 0. The third kappa shape index (κ3) is 6.43. The van der Waals surface area contributed by atoms with Gasteiger partial charge in [-0.25, -0.2) is 9.67 Å². The van der Waals surface area contributed by atoms with Crippen LogP contribution in [-0.4, -0.2) is 66.6 Å². The van der Waals surface area contributed by atoms with Gasteiger partial charge in [-0.15, -0.1) is 24.0 Å². The van der Waals surface area contributed by atoms with Crippen molar-refractivity contribution in [2.45, 2.75) is 45.7 Å². The molecular formula is C23H37IN6O. The van der Waals surface area contributed by atoms with E-state index in [1.165, 1.54) is 0 Å². The fraction of sp³-hybridized carbons (Fsp3) is 0.565. The monoisotopic (exact) mass is 540 g/mol. The lowest BCUT2D eigenvalue weighted by Crippen LogP contribution is -2.57. The number of para-hydroxylation sites is 1. The van der Waals surface area contributed by atoms with Crippen LogP contribution in [0.3, 0.4) is 0 Å². The molecule has 31 heavy (non-hydrogen) atoms. The lowest BCUT2D eigenvalue weighted by Gasteiger charge is -2.43. The Balaban J connectivity index is 0.00000341. The molecule has 0 atom stereocenters. The molecule has 1 aliphatic heterocycles.